The van der Waals surface area contributed by atoms with Gasteiger partial charge in [0.1, 0.15) is 0 Å². The van der Waals surface area contributed by atoms with E-state index in [0.717, 1.165) is 10.4 Å². The number of carbonyl (C=O) groups excluding carboxylic acids is 2. The first kappa shape index (κ1) is 18.1. The van der Waals surface area contributed by atoms with Crippen molar-refractivity contribution in [2.24, 2.45) is 0 Å². The van der Waals surface area contributed by atoms with Crippen molar-refractivity contribution >= 4 is 35.0 Å². The molecule has 0 saturated heterocycles. The zero-order valence-electron chi connectivity index (χ0n) is 13.7. The van der Waals surface area contributed by atoms with Gasteiger partial charge in [0.05, 0.1) is 18.8 Å². The van der Waals surface area contributed by atoms with E-state index in [0.29, 0.717) is 18.2 Å². The van der Waals surface area contributed by atoms with Gasteiger partial charge in [0, 0.05) is 4.88 Å². The number of benzene rings is 1. The molecule has 0 radical (unpaired) electrons. The highest BCUT2D eigenvalue weighted by molar-refractivity contribution is 7.99. The van der Waals surface area contributed by atoms with Crippen LogP contribution in [0, 0.1) is 0 Å². The third kappa shape index (κ3) is 5.39. The van der Waals surface area contributed by atoms with Gasteiger partial charge in [-0.1, -0.05) is 48.2 Å². The van der Waals surface area contributed by atoms with Crippen molar-refractivity contribution in [3.05, 3.63) is 58.3 Å². The lowest BCUT2D eigenvalue weighted by atomic mass is 10.2. The molecule has 0 saturated carbocycles. The molecular formula is C16H16N6O2S2. The number of aromatic nitrogens is 4. The lowest BCUT2D eigenvalue weighted by Crippen LogP contribution is -2.39. The van der Waals surface area contributed by atoms with E-state index in [9.17, 15) is 9.59 Å². The molecule has 26 heavy (non-hydrogen) atoms. The monoisotopic (exact) mass is 388 g/mol. The Balaban J connectivity index is 1.44. The Morgan fingerprint density at radius 1 is 1.15 bits per heavy atom. The molecule has 134 valence electrons. The van der Waals surface area contributed by atoms with Crippen LogP contribution in [-0.4, -0.2) is 37.9 Å². The van der Waals surface area contributed by atoms with Gasteiger partial charge in [-0.25, -0.2) is 9.48 Å². The lowest BCUT2D eigenvalue weighted by molar-refractivity contribution is -0.117. The van der Waals surface area contributed by atoms with Crippen molar-refractivity contribution in [3.8, 4) is 0 Å². The number of thiophene rings is 1. The van der Waals surface area contributed by atoms with Crippen molar-refractivity contribution in [3.63, 3.8) is 0 Å². The molecule has 1 aromatic carbocycles. The van der Waals surface area contributed by atoms with Crippen molar-refractivity contribution in [2.75, 3.05) is 5.75 Å². The Hall–Kier alpha value is -2.72. The molecule has 0 fully saturated rings. The molecule has 0 aliphatic carbocycles. The average Bonchev–Trinajstić information content (AvgIpc) is 3.31. The molecule has 0 unspecified atom stereocenters. The Morgan fingerprint density at radius 2 is 2.00 bits per heavy atom. The average molecular weight is 388 g/mol. The zero-order valence-corrected chi connectivity index (χ0v) is 15.3. The zero-order chi connectivity index (χ0) is 18.2. The molecule has 2 heterocycles. The second kappa shape index (κ2) is 9.11. The highest BCUT2D eigenvalue weighted by Gasteiger charge is 2.12. The SMILES string of the molecule is O=C(CSc1nnnn1Cc1ccccc1)NC(=O)NCc1cccs1. The van der Waals surface area contributed by atoms with Crippen molar-refractivity contribution in [1.29, 1.82) is 0 Å². The van der Waals surface area contributed by atoms with Gasteiger partial charge >= 0.3 is 6.03 Å². The van der Waals surface area contributed by atoms with E-state index in [1.165, 1.54) is 23.1 Å². The number of amides is 3. The number of carbonyl (C=O) groups is 2. The van der Waals surface area contributed by atoms with E-state index in [1.54, 1.807) is 4.68 Å². The van der Waals surface area contributed by atoms with Crippen molar-refractivity contribution in [1.82, 2.24) is 30.8 Å². The summed E-state index contributed by atoms with van der Waals surface area (Å²) in [6.07, 6.45) is 0. The molecule has 0 atom stereocenters. The first-order chi connectivity index (χ1) is 12.7. The Labute approximate surface area is 158 Å². The normalized spacial score (nSPS) is 10.5. The second-order valence-electron chi connectivity index (χ2n) is 5.20. The summed E-state index contributed by atoms with van der Waals surface area (Å²) in [6, 6.07) is 13.1. The summed E-state index contributed by atoms with van der Waals surface area (Å²) in [4.78, 5) is 24.7. The van der Waals surface area contributed by atoms with Crippen LogP contribution in [0.5, 0.6) is 0 Å². The molecule has 0 aliphatic heterocycles. The van der Waals surface area contributed by atoms with Crippen LogP contribution in [0.3, 0.4) is 0 Å². The maximum absolute atomic E-state index is 11.9. The first-order valence-electron chi connectivity index (χ1n) is 7.73. The number of thioether (sulfide) groups is 1. The predicted molar refractivity (Wildman–Crippen MR) is 98.8 cm³/mol. The Kier molecular flexibility index (Phi) is 6.34. The highest BCUT2D eigenvalue weighted by Crippen LogP contribution is 2.14. The third-order valence-electron chi connectivity index (χ3n) is 3.26. The largest absolute Gasteiger partial charge is 0.333 e. The Morgan fingerprint density at radius 3 is 2.77 bits per heavy atom. The minimum atomic E-state index is -0.520. The van der Waals surface area contributed by atoms with Gasteiger partial charge in [-0.2, -0.15) is 0 Å². The number of tetrazole rings is 1. The number of urea groups is 1. The van der Waals surface area contributed by atoms with E-state index in [4.69, 9.17) is 0 Å². The molecule has 0 aliphatic rings. The molecule has 8 nitrogen and oxygen atoms in total. The molecule has 3 aromatic rings. The van der Waals surface area contributed by atoms with Gasteiger partial charge in [-0.3, -0.25) is 10.1 Å². The summed E-state index contributed by atoms with van der Waals surface area (Å²) in [7, 11) is 0. The van der Waals surface area contributed by atoms with Crippen LogP contribution >= 0.6 is 23.1 Å². The van der Waals surface area contributed by atoms with Gasteiger partial charge in [0.2, 0.25) is 11.1 Å². The summed E-state index contributed by atoms with van der Waals surface area (Å²) in [5.41, 5.74) is 1.05. The van der Waals surface area contributed by atoms with Crippen LogP contribution in [0.25, 0.3) is 0 Å². The van der Waals surface area contributed by atoms with Crippen LogP contribution in [0.15, 0.2) is 53.0 Å². The minimum absolute atomic E-state index is 0.0432. The molecule has 2 aromatic heterocycles. The van der Waals surface area contributed by atoms with E-state index < -0.39 is 11.9 Å². The summed E-state index contributed by atoms with van der Waals surface area (Å²) in [6.45, 7) is 0.901. The number of nitrogens with one attached hydrogen (secondary N) is 2. The molecule has 0 bridgehead atoms. The van der Waals surface area contributed by atoms with Crippen molar-refractivity contribution in [2.45, 2.75) is 18.2 Å². The minimum Gasteiger partial charge on any atom is -0.333 e. The fraction of sp³-hybridized carbons (Fsp3) is 0.188. The number of hydrogen-bond acceptors (Lipinski definition) is 7. The maximum Gasteiger partial charge on any atom is 0.321 e. The summed E-state index contributed by atoms with van der Waals surface area (Å²) in [5.74, 6) is -0.366. The number of imide groups is 1. The molecular weight excluding hydrogens is 372 g/mol. The highest BCUT2D eigenvalue weighted by atomic mass is 32.2. The quantitative estimate of drug-likeness (QED) is 0.600. The maximum atomic E-state index is 11.9. The van der Waals surface area contributed by atoms with Crippen LogP contribution in [0.2, 0.25) is 0 Å². The number of hydrogen-bond donors (Lipinski definition) is 2. The molecule has 3 rings (SSSR count). The topological polar surface area (TPSA) is 102 Å². The van der Waals surface area contributed by atoms with Gasteiger partial charge in [-0.05, 0) is 27.4 Å². The predicted octanol–water partition coefficient (Wildman–Crippen LogP) is 1.90. The summed E-state index contributed by atoms with van der Waals surface area (Å²) >= 11 is 2.71. The van der Waals surface area contributed by atoms with E-state index in [2.05, 4.69) is 26.2 Å². The van der Waals surface area contributed by atoms with E-state index in [1.807, 2.05) is 47.8 Å². The lowest BCUT2D eigenvalue weighted by Gasteiger charge is -2.06. The van der Waals surface area contributed by atoms with E-state index >= 15 is 0 Å². The van der Waals surface area contributed by atoms with E-state index in [-0.39, 0.29) is 5.75 Å². The molecule has 2 N–H and O–H groups in total. The van der Waals surface area contributed by atoms with Gasteiger partial charge < -0.3 is 5.32 Å². The van der Waals surface area contributed by atoms with Gasteiger partial charge in [-0.15, -0.1) is 16.4 Å². The second-order valence-corrected chi connectivity index (χ2v) is 7.18. The molecule has 10 heteroatoms. The van der Waals surface area contributed by atoms with Crippen LogP contribution in [0.4, 0.5) is 4.79 Å². The smallest absolute Gasteiger partial charge is 0.321 e. The number of rotatable bonds is 7. The van der Waals surface area contributed by atoms with Crippen LogP contribution in [0.1, 0.15) is 10.4 Å². The number of nitrogens with zero attached hydrogens (tertiary/aromatic N) is 4. The van der Waals surface area contributed by atoms with Crippen molar-refractivity contribution < 1.29 is 9.59 Å². The van der Waals surface area contributed by atoms with Crippen LogP contribution < -0.4 is 10.6 Å². The van der Waals surface area contributed by atoms with Gasteiger partial charge in [0.25, 0.3) is 0 Å². The van der Waals surface area contributed by atoms with Gasteiger partial charge in [0.15, 0.2) is 0 Å². The molecule has 0 spiro atoms. The fourth-order valence-electron chi connectivity index (χ4n) is 2.07. The summed E-state index contributed by atoms with van der Waals surface area (Å²) in [5, 5.41) is 18.9. The summed E-state index contributed by atoms with van der Waals surface area (Å²) < 4.78 is 1.62. The Bertz CT molecular complexity index is 851. The first-order valence-corrected chi connectivity index (χ1v) is 9.60. The van der Waals surface area contributed by atoms with Crippen LogP contribution in [-0.2, 0) is 17.9 Å². The standard InChI is InChI=1S/C16H16N6O2S2/c23-14(18-15(24)17-9-13-7-4-8-25-13)11-26-16-19-20-21-22(16)10-12-5-2-1-3-6-12/h1-8H,9-11H2,(H2,17,18,23,24). The third-order valence-corrected chi connectivity index (χ3v) is 5.10. The molecule has 3 amide bonds. The fourth-order valence-corrected chi connectivity index (χ4v) is 3.39.